The van der Waals surface area contributed by atoms with E-state index in [0.29, 0.717) is 6.54 Å². The monoisotopic (exact) mass is 230 g/mol. The molecule has 0 aliphatic heterocycles. The molecule has 0 aromatic heterocycles. The zero-order chi connectivity index (χ0) is 12.8. The maximum atomic E-state index is 11.8. The maximum absolute atomic E-state index is 11.8. The average molecular weight is 230 g/mol. The van der Waals surface area contributed by atoms with E-state index in [4.69, 9.17) is 4.74 Å². The lowest BCUT2D eigenvalue weighted by molar-refractivity contribution is 0.0106. The van der Waals surface area contributed by atoms with Crippen molar-refractivity contribution in [3.63, 3.8) is 0 Å². The molecule has 0 saturated carbocycles. The van der Waals surface area contributed by atoms with Gasteiger partial charge in [0.25, 0.3) is 0 Å². The van der Waals surface area contributed by atoms with E-state index >= 15 is 0 Å². The van der Waals surface area contributed by atoms with Gasteiger partial charge in [-0.3, -0.25) is 0 Å². The summed E-state index contributed by atoms with van der Waals surface area (Å²) in [5.74, 6) is 0. The fourth-order valence-electron chi connectivity index (χ4n) is 1.15. The van der Waals surface area contributed by atoms with Crippen LogP contribution in [0.2, 0.25) is 0 Å². The Morgan fingerprint density at radius 2 is 1.94 bits per heavy atom. The normalized spacial score (nSPS) is 11.7. The van der Waals surface area contributed by atoms with Gasteiger partial charge in [-0.25, -0.2) is 15.2 Å². The average Bonchev–Trinajstić information content (AvgIpc) is 2.08. The Kier molecular flexibility index (Phi) is 6.41. The molecule has 1 amide bonds. The number of carbonyl (C=O) groups excluding carboxylic acids is 1. The Morgan fingerprint density at radius 3 is 2.31 bits per heavy atom. The second-order valence-corrected chi connectivity index (χ2v) is 5.27. The highest BCUT2D eigenvalue weighted by atomic mass is 16.6. The largest absolute Gasteiger partial charge is 0.443 e. The van der Waals surface area contributed by atoms with Crippen molar-refractivity contribution in [2.45, 2.75) is 66.0 Å². The predicted octanol–water partition coefficient (Wildman–Crippen LogP) is 2.94. The second kappa shape index (κ2) is 6.74. The van der Waals surface area contributed by atoms with Crippen LogP contribution in [0.5, 0.6) is 0 Å². The van der Waals surface area contributed by atoms with E-state index in [2.05, 4.69) is 12.3 Å². The zero-order valence-electron chi connectivity index (χ0n) is 11.5. The minimum Gasteiger partial charge on any atom is -0.443 e. The molecule has 0 aliphatic carbocycles. The Hall–Kier alpha value is -0.770. The summed E-state index contributed by atoms with van der Waals surface area (Å²) >= 11 is 0. The first-order valence-corrected chi connectivity index (χ1v) is 6.03. The standard InChI is InChI=1S/C12H26N2O2/c1-7-8-9-14(13-10(2)3)11(15)16-12(4,5)6/h10,13H,7-9H2,1-6H3. The van der Waals surface area contributed by atoms with Crippen molar-refractivity contribution < 1.29 is 9.53 Å². The molecule has 0 rings (SSSR count). The van der Waals surface area contributed by atoms with Gasteiger partial charge in [0, 0.05) is 12.6 Å². The van der Waals surface area contributed by atoms with Crippen LogP contribution in [0.3, 0.4) is 0 Å². The minimum absolute atomic E-state index is 0.226. The molecule has 4 heteroatoms. The Balaban J connectivity index is 4.31. The lowest BCUT2D eigenvalue weighted by Gasteiger charge is -2.29. The van der Waals surface area contributed by atoms with Gasteiger partial charge in [-0.05, 0) is 41.0 Å². The first kappa shape index (κ1) is 15.2. The fraction of sp³-hybridized carbons (Fsp3) is 0.917. The summed E-state index contributed by atoms with van der Waals surface area (Å²) in [7, 11) is 0. The lowest BCUT2D eigenvalue weighted by atomic mass is 10.2. The van der Waals surface area contributed by atoms with E-state index in [1.807, 2.05) is 34.6 Å². The molecule has 0 atom stereocenters. The third-order valence-corrected chi connectivity index (χ3v) is 1.76. The number of nitrogens with one attached hydrogen (secondary N) is 1. The molecule has 0 aromatic carbocycles. The van der Waals surface area contributed by atoms with Crippen molar-refractivity contribution in [1.82, 2.24) is 10.4 Å². The van der Waals surface area contributed by atoms with Crippen LogP contribution >= 0.6 is 0 Å². The summed E-state index contributed by atoms with van der Waals surface area (Å²) in [6.07, 6.45) is 1.73. The lowest BCUT2D eigenvalue weighted by Crippen LogP contribution is -2.48. The number of hydrogen-bond donors (Lipinski definition) is 1. The van der Waals surface area contributed by atoms with Crippen LogP contribution in [0.1, 0.15) is 54.4 Å². The zero-order valence-corrected chi connectivity index (χ0v) is 11.5. The third-order valence-electron chi connectivity index (χ3n) is 1.76. The van der Waals surface area contributed by atoms with Gasteiger partial charge in [0.15, 0.2) is 0 Å². The molecule has 16 heavy (non-hydrogen) atoms. The fourth-order valence-corrected chi connectivity index (χ4v) is 1.15. The van der Waals surface area contributed by atoms with Gasteiger partial charge < -0.3 is 4.74 Å². The molecule has 0 aliphatic rings. The summed E-state index contributed by atoms with van der Waals surface area (Å²) in [6.45, 7) is 12.4. The molecule has 0 radical (unpaired) electrons. The molecule has 0 unspecified atom stereocenters. The topological polar surface area (TPSA) is 41.6 Å². The highest BCUT2D eigenvalue weighted by Crippen LogP contribution is 2.09. The van der Waals surface area contributed by atoms with Gasteiger partial charge in [-0.15, -0.1) is 0 Å². The van der Waals surface area contributed by atoms with Crippen LogP contribution in [-0.2, 0) is 4.74 Å². The number of rotatable bonds is 5. The van der Waals surface area contributed by atoms with Crippen LogP contribution in [0, 0.1) is 0 Å². The van der Waals surface area contributed by atoms with Crippen molar-refractivity contribution in [3.05, 3.63) is 0 Å². The minimum atomic E-state index is -0.444. The summed E-state index contributed by atoms with van der Waals surface area (Å²) in [5.41, 5.74) is 2.65. The number of ether oxygens (including phenoxy) is 1. The van der Waals surface area contributed by atoms with Gasteiger partial charge in [-0.2, -0.15) is 0 Å². The van der Waals surface area contributed by atoms with E-state index in [0.717, 1.165) is 12.8 Å². The van der Waals surface area contributed by atoms with E-state index < -0.39 is 5.60 Å². The second-order valence-electron chi connectivity index (χ2n) is 5.27. The highest BCUT2D eigenvalue weighted by Gasteiger charge is 2.22. The van der Waals surface area contributed by atoms with Crippen molar-refractivity contribution >= 4 is 6.09 Å². The molecule has 0 aromatic rings. The molecule has 0 saturated heterocycles. The van der Waals surface area contributed by atoms with Crippen LogP contribution in [0.15, 0.2) is 0 Å². The van der Waals surface area contributed by atoms with E-state index in [-0.39, 0.29) is 12.1 Å². The SMILES string of the molecule is CCCCN(NC(C)C)C(=O)OC(C)(C)C. The molecule has 0 heterocycles. The first-order valence-electron chi connectivity index (χ1n) is 6.03. The molecule has 0 bridgehead atoms. The Bertz CT molecular complexity index is 210. The number of nitrogens with zero attached hydrogens (tertiary/aromatic N) is 1. The van der Waals surface area contributed by atoms with Crippen molar-refractivity contribution in [3.8, 4) is 0 Å². The van der Waals surface area contributed by atoms with Crippen molar-refractivity contribution in [2.24, 2.45) is 0 Å². The molecule has 0 fully saturated rings. The molecule has 1 N–H and O–H groups in total. The molecule has 96 valence electrons. The Morgan fingerprint density at radius 1 is 1.38 bits per heavy atom. The summed E-state index contributed by atoms with van der Waals surface area (Å²) in [4.78, 5) is 11.8. The summed E-state index contributed by atoms with van der Waals surface area (Å²) in [5, 5.41) is 1.57. The quantitative estimate of drug-likeness (QED) is 0.738. The first-order chi connectivity index (χ1) is 7.26. The predicted molar refractivity (Wildman–Crippen MR) is 66.1 cm³/mol. The van der Waals surface area contributed by atoms with Crippen LogP contribution in [0.4, 0.5) is 4.79 Å². The van der Waals surface area contributed by atoms with Gasteiger partial charge in [0.05, 0.1) is 0 Å². The summed E-state index contributed by atoms with van der Waals surface area (Å²) in [6, 6.07) is 0.226. The third kappa shape index (κ3) is 7.51. The number of carbonyl (C=O) groups is 1. The van der Waals surface area contributed by atoms with Crippen LogP contribution in [-0.4, -0.2) is 29.3 Å². The molecule has 4 nitrogen and oxygen atoms in total. The number of hydrazine groups is 1. The van der Waals surface area contributed by atoms with E-state index in [9.17, 15) is 4.79 Å². The van der Waals surface area contributed by atoms with Crippen molar-refractivity contribution in [1.29, 1.82) is 0 Å². The number of hydrogen-bond acceptors (Lipinski definition) is 3. The van der Waals surface area contributed by atoms with Gasteiger partial charge in [0.2, 0.25) is 0 Å². The maximum Gasteiger partial charge on any atom is 0.424 e. The highest BCUT2D eigenvalue weighted by molar-refractivity contribution is 5.67. The Labute approximate surface area is 99.3 Å². The van der Waals surface area contributed by atoms with E-state index in [1.165, 1.54) is 0 Å². The van der Waals surface area contributed by atoms with Crippen molar-refractivity contribution in [2.75, 3.05) is 6.54 Å². The number of amides is 1. The van der Waals surface area contributed by atoms with E-state index in [1.54, 1.807) is 5.01 Å². The van der Waals surface area contributed by atoms with Gasteiger partial charge in [-0.1, -0.05) is 13.3 Å². The molecule has 0 spiro atoms. The smallest absolute Gasteiger partial charge is 0.424 e. The summed E-state index contributed by atoms with van der Waals surface area (Å²) < 4.78 is 5.32. The number of unbranched alkanes of at least 4 members (excludes halogenated alkanes) is 1. The molecular weight excluding hydrogens is 204 g/mol. The van der Waals surface area contributed by atoms with Crippen LogP contribution in [0.25, 0.3) is 0 Å². The van der Waals surface area contributed by atoms with Gasteiger partial charge in [0.1, 0.15) is 5.60 Å². The van der Waals surface area contributed by atoms with Gasteiger partial charge >= 0.3 is 6.09 Å². The molecular formula is C12H26N2O2. The van der Waals surface area contributed by atoms with Crippen LogP contribution < -0.4 is 5.43 Å².